The summed E-state index contributed by atoms with van der Waals surface area (Å²) < 4.78 is 30.1. The molecule has 0 amide bonds. The van der Waals surface area contributed by atoms with Gasteiger partial charge in [-0.1, -0.05) is 0 Å². The van der Waals surface area contributed by atoms with Crippen molar-refractivity contribution in [1.29, 1.82) is 0 Å². The Morgan fingerprint density at radius 2 is 2.05 bits per heavy atom. The Labute approximate surface area is 117 Å². The normalized spacial score (nSPS) is 24.4. The van der Waals surface area contributed by atoms with Gasteiger partial charge in [-0.15, -0.1) is 0 Å². The molecule has 0 aromatic rings. The molecule has 0 aromatic carbocycles. The summed E-state index contributed by atoms with van der Waals surface area (Å²) >= 11 is 0. The Morgan fingerprint density at radius 3 is 2.58 bits per heavy atom. The number of hydrogen-bond donors (Lipinski definition) is 1. The van der Waals surface area contributed by atoms with Crippen LogP contribution >= 0.6 is 0 Å². The quantitative estimate of drug-likeness (QED) is 0.828. The molecule has 1 heterocycles. The summed E-state index contributed by atoms with van der Waals surface area (Å²) in [4.78, 5) is 0. The van der Waals surface area contributed by atoms with E-state index >= 15 is 0 Å². The molecule has 1 rings (SSSR count). The number of aliphatic hydroxyl groups is 1. The first kappa shape index (κ1) is 16.9. The lowest BCUT2D eigenvalue weighted by Gasteiger charge is -2.32. The lowest BCUT2D eigenvalue weighted by atomic mass is 9.93. The van der Waals surface area contributed by atoms with E-state index in [1.54, 1.807) is 0 Å². The van der Waals surface area contributed by atoms with Crippen LogP contribution in [0.25, 0.3) is 0 Å². The van der Waals surface area contributed by atoms with Crippen LogP contribution in [-0.4, -0.2) is 55.5 Å². The molecule has 2 atom stereocenters. The number of hydrogen-bond acceptors (Lipinski definition) is 4. The van der Waals surface area contributed by atoms with Crippen molar-refractivity contribution in [1.82, 2.24) is 4.31 Å². The van der Waals surface area contributed by atoms with E-state index in [4.69, 9.17) is 4.74 Å². The second-order valence-corrected chi connectivity index (χ2v) is 8.42. The fraction of sp³-hybridized carbons (Fsp3) is 1.00. The number of sulfonamides is 1. The molecule has 1 N–H and O–H groups in total. The number of piperidine rings is 1. The minimum Gasteiger partial charge on any atom is -0.391 e. The van der Waals surface area contributed by atoms with Gasteiger partial charge in [-0.3, -0.25) is 0 Å². The zero-order valence-electron chi connectivity index (χ0n) is 12.4. The maximum absolute atomic E-state index is 11.5. The second kappa shape index (κ2) is 6.52. The fourth-order valence-corrected chi connectivity index (χ4v) is 3.26. The number of ether oxygens (including phenoxy) is 1. The van der Waals surface area contributed by atoms with Crippen molar-refractivity contribution in [3.63, 3.8) is 0 Å². The van der Waals surface area contributed by atoms with Crippen LogP contribution in [0.2, 0.25) is 0 Å². The summed E-state index contributed by atoms with van der Waals surface area (Å²) in [6.07, 6.45) is 3.16. The number of nitrogens with zero attached hydrogens (tertiary/aromatic N) is 1. The molecule has 0 saturated carbocycles. The maximum atomic E-state index is 11.5. The molecule has 0 spiro atoms. The Balaban J connectivity index is 2.40. The van der Waals surface area contributed by atoms with Gasteiger partial charge in [0.2, 0.25) is 10.0 Å². The highest BCUT2D eigenvalue weighted by molar-refractivity contribution is 7.88. The van der Waals surface area contributed by atoms with E-state index in [2.05, 4.69) is 0 Å². The summed E-state index contributed by atoms with van der Waals surface area (Å²) in [5, 5.41) is 9.96. The van der Waals surface area contributed by atoms with Crippen molar-refractivity contribution in [3.8, 4) is 0 Å². The molecule has 0 aromatic heterocycles. The number of rotatable bonds is 5. The molecule has 1 aliphatic rings. The van der Waals surface area contributed by atoms with Gasteiger partial charge >= 0.3 is 0 Å². The van der Waals surface area contributed by atoms with Crippen LogP contribution in [0.15, 0.2) is 0 Å². The third-order valence-electron chi connectivity index (χ3n) is 3.26. The molecule has 2 unspecified atom stereocenters. The van der Waals surface area contributed by atoms with Crippen molar-refractivity contribution in [2.75, 3.05) is 26.0 Å². The van der Waals surface area contributed by atoms with E-state index in [1.165, 1.54) is 10.6 Å². The molecule has 0 aliphatic carbocycles. The Kier molecular flexibility index (Phi) is 5.79. The van der Waals surface area contributed by atoms with Gasteiger partial charge in [0, 0.05) is 13.1 Å². The minimum absolute atomic E-state index is 0.224. The Bertz CT molecular complexity index is 375. The summed E-state index contributed by atoms with van der Waals surface area (Å²) in [5.74, 6) is 0.224. The van der Waals surface area contributed by atoms with E-state index in [0.29, 0.717) is 26.1 Å². The van der Waals surface area contributed by atoms with E-state index in [1.807, 2.05) is 20.8 Å². The molecule has 114 valence electrons. The summed E-state index contributed by atoms with van der Waals surface area (Å²) in [7, 11) is -3.11. The van der Waals surface area contributed by atoms with Crippen molar-refractivity contribution in [2.45, 2.75) is 51.7 Å². The predicted octanol–water partition coefficient (Wildman–Crippen LogP) is 1.22. The van der Waals surface area contributed by atoms with Gasteiger partial charge in [0.25, 0.3) is 0 Å². The van der Waals surface area contributed by atoms with Crippen molar-refractivity contribution >= 4 is 10.0 Å². The third-order valence-corrected chi connectivity index (χ3v) is 4.53. The predicted molar refractivity (Wildman–Crippen MR) is 75.5 cm³/mol. The topological polar surface area (TPSA) is 66.8 Å². The molecule has 1 saturated heterocycles. The van der Waals surface area contributed by atoms with Gasteiger partial charge in [-0.2, -0.15) is 0 Å². The molecule has 6 heteroatoms. The van der Waals surface area contributed by atoms with Crippen LogP contribution in [0.3, 0.4) is 0 Å². The maximum Gasteiger partial charge on any atom is 0.211 e. The summed E-state index contributed by atoms with van der Waals surface area (Å²) in [6, 6.07) is 0. The lowest BCUT2D eigenvalue weighted by molar-refractivity contribution is -0.0555. The van der Waals surface area contributed by atoms with Crippen molar-refractivity contribution in [3.05, 3.63) is 0 Å². The molecular weight excluding hydrogens is 266 g/mol. The molecule has 0 bridgehead atoms. The lowest BCUT2D eigenvalue weighted by Crippen LogP contribution is -2.40. The SMILES string of the molecule is CC(C)(C)OCC(O)CC1CCCN(S(C)(=O)=O)C1. The standard InChI is InChI=1S/C13H27NO4S/c1-13(2,3)18-10-12(15)8-11-6-5-7-14(9-11)19(4,16)17/h11-12,15H,5-10H2,1-4H3. The molecule has 1 aliphatic heterocycles. The first-order valence-electron chi connectivity index (χ1n) is 6.85. The monoisotopic (exact) mass is 293 g/mol. The molecule has 0 radical (unpaired) electrons. The molecule has 5 nitrogen and oxygen atoms in total. The smallest absolute Gasteiger partial charge is 0.211 e. The van der Waals surface area contributed by atoms with Gasteiger partial charge in [0.05, 0.1) is 24.6 Å². The Hall–Kier alpha value is -0.170. The zero-order chi connectivity index (χ0) is 14.7. The van der Waals surface area contributed by atoms with E-state index < -0.39 is 16.1 Å². The van der Waals surface area contributed by atoms with Gasteiger partial charge in [0.1, 0.15) is 0 Å². The van der Waals surface area contributed by atoms with Crippen molar-refractivity contribution in [2.24, 2.45) is 5.92 Å². The average molecular weight is 293 g/mol. The summed E-state index contributed by atoms with van der Waals surface area (Å²) in [5.41, 5.74) is -0.258. The van der Waals surface area contributed by atoms with Crippen LogP contribution in [0.5, 0.6) is 0 Å². The molecule has 19 heavy (non-hydrogen) atoms. The van der Waals surface area contributed by atoms with Crippen LogP contribution in [0.4, 0.5) is 0 Å². The largest absolute Gasteiger partial charge is 0.391 e. The van der Waals surface area contributed by atoms with Gasteiger partial charge in [0.15, 0.2) is 0 Å². The van der Waals surface area contributed by atoms with E-state index in [9.17, 15) is 13.5 Å². The van der Waals surface area contributed by atoms with Crippen molar-refractivity contribution < 1.29 is 18.3 Å². The van der Waals surface area contributed by atoms with E-state index in [-0.39, 0.29) is 11.5 Å². The Morgan fingerprint density at radius 1 is 1.42 bits per heavy atom. The van der Waals surface area contributed by atoms with Crippen LogP contribution in [0, 0.1) is 5.92 Å². The second-order valence-electron chi connectivity index (χ2n) is 6.44. The van der Waals surface area contributed by atoms with Crippen LogP contribution in [0.1, 0.15) is 40.0 Å². The number of aliphatic hydroxyl groups excluding tert-OH is 1. The van der Waals surface area contributed by atoms with Gasteiger partial charge < -0.3 is 9.84 Å². The first-order valence-corrected chi connectivity index (χ1v) is 8.70. The average Bonchev–Trinajstić information content (AvgIpc) is 2.25. The fourth-order valence-electron chi connectivity index (χ4n) is 2.32. The summed E-state index contributed by atoms with van der Waals surface area (Å²) in [6.45, 7) is 7.28. The third kappa shape index (κ3) is 6.70. The minimum atomic E-state index is -3.11. The molecule has 1 fully saturated rings. The van der Waals surface area contributed by atoms with E-state index in [0.717, 1.165) is 12.8 Å². The van der Waals surface area contributed by atoms with Gasteiger partial charge in [-0.25, -0.2) is 12.7 Å². The van der Waals surface area contributed by atoms with Gasteiger partial charge in [-0.05, 0) is 46.0 Å². The first-order chi connectivity index (χ1) is 8.58. The highest BCUT2D eigenvalue weighted by Crippen LogP contribution is 2.23. The molecular formula is C13H27NO4S. The van der Waals surface area contributed by atoms with Crippen LogP contribution in [-0.2, 0) is 14.8 Å². The highest BCUT2D eigenvalue weighted by atomic mass is 32.2. The zero-order valence-corrected chi connectivity index (χ0v) is 13.2. The van der Waals surface area contributed by atoms with Crippen LogP contribution < -0.4 is 0 Å². The highest BCUT2D eigenvalue weighted by Gasteiger charge is 2.27.